The molecule has 1 saturated carbocycles. The highest BCUT2D eigenvalue weighted by Gasteiger charge is 2.43. The van der Waals surface area contributed by atoms with E-state index in [4.69, 9.17) is 4.74 Å². The molecular formula is C29H34F3N3O2. The van der Waals surface area contributed by atoms with Crippen LogP contribution in [-0.2, 0) is 6.42 Å². The number of alkyl halides is 1. The summed E-state index contributed by atoms with van der Waals surface area (Å²) in [7, 11) is 0. The van der Waals surface area contributed by atoms with Gasteiger partial charge >= 0.3 is 0 Å². The molecule has 2 aliphatic heterocycles. The number of fused-ring (bicyclic) bond motifs is 3. The van der Waals surface area contributed by atoms with Gasteiger partial charge in [0.1, 0.15) is 30.2 Å². The molecule has 2 fully saturated rings. The first-order valence-electron chi connectivity index (χ1n) is 13.4. The number of aromatic nitrogens is 1. The fourth-order valence-corrected chi connectivity index (χ4v) is 6.17. The number of likely N-dealkylation sites (tertiary alicyclic amines) is 1. The zero-order chi connectivity index (χ0) is 25.7. The molecule has 0 radical (unpaired) electrons. The summed E-state index contributed by atoms with van der Waals surface area (Å²) < 4.78 is 49.8. The van der Waals surface area contributed by atoms with Crippen molar-refractivity contribution >= 4 is 10.9 Å². The lowest BCUT2D eigenvalue weighted by molar-refractivity contribution is -0.0563. The number of aromatic amines is 1. The van der Waals surface area contributed by atoms with Crippen LogP contribution in [0.4, 0.5) is 13.2 Å². The number of nitrogens with one attached hydrogen (secondary N) is 1. The summed E-state index contributed by atoms with van der Waals surface area (Å²) in [5.41, 5.74) is 2.63. The average Bonchev–Trinajstić information content (AvgIpc) is 3.58. The molecule has 8 heteroatoms. The maximum Gasteiger partial charge on any atom is 0.135 e. The number of halogens is 3. The Kier molecular flexibility index (Phi) is 6.67. The molecule has 3 heterocycles. The number of aliphatic hydroxyl groups is 1. The van der Waals surface area contributed by atoms with Gasteiger partial charge in [-0.1, -0.05) is 31.0 Å². The van der Waals surface area contributed by atoms with Crippen LogP contribution in [0.1, 0.15) is 49.0 Å². The highest BCUT2D eigenvalue weighted by molar-refractivity contribution is 5.85. The van der Waals surface area contributed by atoms with Crippen LogP contribution in [0.3, 0.4) is 0 Å². The Morgan fingerprint density at radius 1 is 1.11 bits per heavy atom. The lowest BCUT2D eigenvalue weighted by atomic mass is 9.87. The number of hydrogen-bond acceptors (Lipinski definition) is 4. The molecule has 1 saturated heterocycles. The largest absolute Gasteiger partial charge is 0.492 e. The molecule has 6 rings (SSSR count). The van der Waals surface area contributed by atoms with Gasteiger partial charge in [0.15, 0.2) is 0 Å². The van der Waals surface area contributed by atoms with Gasteiger partial charge in [-0.15, -0.1) is 0 Å². The SMILES string of the molecule is C[C@@H]1Cc2c([nH]c3ccccc23)[C@@H](c2c(F)cc(OCCN3CC(CF)C3)cc2F)N1C(O)CC1CC1. The zero-order valence-corrected chi connectivity index (χ0v) is 21.1. The minimum Gasteiger partial charge on any atom is -0.492 e. The van der Waals surface area contributed by atoms with E-state index < -0.39 is 23.9 Å². The van der Waals surface area contributed by atoms with Crippen LogP contribution in [0.25, 0.3) is 10.9 Å². The zero-order valence-electron chi connectivity index (χ0n) is 21.1. The number of H-pyrrole nitrogens is 1. The van der Waals surface area contributed by atoms with E-state index in [0.717, 1.165) is 35.0 Å². The molecule has 3 atom stereocenters. The number of hydrogen-bond donors (Lipinski definition) is 2. The van der Waals surface area contributed by atoms with Gasteiger partial charge in [-0.2, -0.15) is 0 Å². The number of rotatable bonds is 9. The summed E-state index contributed by atoms with van der Waals surface area (Å²) in [4.78, 5) is 7.37. The number of ether oxygens (including phenoxy) is 1. The Hall–Kier alpha value is -2.55. The first-order valence-corrected chi connectivity index (χ1v) is 13.4. The lowest BCUT2D eigenvalue weighted by Crippen LogP contribution is -2.49. The van der Waals surface area contributed by atoms with E-state index >= 15 is 8.78 Å². The molecule has 5 nitrogen and oxygen atoms in total. The summed E-state index contributed by atoms with van der Waals surface area (Å²) in [6.07, 6.45) is 2.65. The smallest absolute Gasteiger partial charge is 0.135 e. The van der Waals surface area contributed by atoms with E-state index in [2.05, 4.69) is 9.88 Å². The van der Waals surface area contributed by atoms with Crippen LogP contribution >= 0.6 is 0 Å². The summed E-state index contributed by atoms with van der Waals surface area (Å²) >= 11 is 0. The quantitative estimate of drug-likeness (QED) is 0.414. The second-order valence-corrected chi connectivity index (χ2v) is 11.1. The molecule has 0 spiro atoms. The number of aliphatic hydroxyl groups excluding tert-OH is 1. The third kappa shape index (κ3) is 4.75. The van der Waals surface area contributed by atoms with Crippen molar-refractivity contribution in [3.63, 3.8) is 0 Å². The monoisotopic (exact) mass is 513 g/mol. The molecule has 198 valence electrons. The highest BCUT2D eigenvalue weighted by atomic mass is 19.1. The van der Waals surface area contributed by atoms with Crippen molar-refractivity contribution in [3.8, 4) is 5.75 Å². The van der Waals surface area contributed by atoms with Gasteiger partial charge in [0.2, 0.25) is 0 Å². The van der Waals surface area contributed by atoms with Crippen molar-refractivity contribution in [3.05, 3.63) is 64.9 Å². The summed E-state index contributed by atoms with van der Waals surface area (Å²) in [5, 5.41) is 12.3. The number of benzene rings is 2. The third-order valence-electron chi connectivity index (χ3n) is 8.27. The predicted molar refractivity (Wildman–Crippen MR) is 136 cm³/mol. The summed E-state index contributed by atoms with van der Waals surface area (Å²) in [5.74, 6) is -0.705. The van der Waals surface area contributed by atoms with Crippen LogP contribution in [0, 0.1) is 23.5 Å². The molecule has 37 heavy (non-hydrogen) atoms. The third-order valence-corrected chi connectivity index (χ3v) is 8.27. The maximum atomic E-state index is 15.7. The molecule has 0 amide bonds. The highest BCUT2D eigenvalue weighted by Crippen LogP contribution is 2.45. The standard InChI is InChI=1S/C29H34F3N3O2/c1-17-10-22-21-4-2-3-5-25(21)33-28(22)29(35(17)26(36)11-18-6-7-18)27-23(31)12-20(13-24(27)32)37-9-8-34-15-19(14-30)16-34/h2-5,12-13,17-19,26,29,33,36H,6-11,14-16H2,1H3/t17-,26?,29-/m1/s1. The molecule has 2 aromatic carbocycles. The van der Waals surface area contributed by atoms with Crippen LogP contribution in [-0.4, -0.2) is 65.1 Å². The van der Waals surface area contributed by atoms with E-state index in [9.17, 15) is 9.50 Å². The van der Waals surface area contributed by atoms with Crippen molar-refractivity contribution in [2.45, 2.75) is 50.9 Å². The molecule has 3 aromatic rings. The van der Waals surface area contributed by atoms with Gasteiger partial charge in [-0.25, -0.2) is 8.78 Å². The second kappa shape index (κ2) is 9.97. The normalized spacial score (nSPS) is 23.7. The molecule has 1 aromatic heterocycles. The van der Waals surface area contributed by atoms with Crippen molar-refractivity contribution in [2.24, 2.45) is 11.8 Å². The Labute approximate surface area is 215 Å². The Bertz CT molecular complexity index is 1250. The Morgan fingerprint density at radius 3 is 2.54 bits per heavy atom. The van der Waals surface area contributed by atoms with E-state index in [0.29, 0.717) is 38.4 Å². The van der Waals surface area contributed by atoms with Crippen molar-refractivity contribution < 1.29 is 23.0 Å². The molecule has 1 unspecified atom stereocenters. The van der Waals surface area contributed by atoms with E-state index in [1.807, 2.05) is 36.1 Å². The van der Waals surface area contributed by atoms with Crippen LogP contribution in [0.15, 0.2) is 36.4 Å². The second-order valence-electron chi connectivity index (χ2n) is 11.1. The van der Waals surface area contributed by atoms with E-state index in [1.165, 1.54) is 12.1 Å². The minimum absolute atomic E-state index is 0.0740. The van der Waals surface area contributed by atoms with E-state index in [1.54, 1.807) is 0 Å². The summed E-state index contributed by atoms with van der Waals surface area (Å²) in [6.45, 7) is 3.93. The molecular weight excluding hydrogens is 479 g/mol. The topological polar surface area (TPSA) is 51.7 Å². The van der Waals surface area contributed by atoms with Gasteiger partial charge in [-0.3, -0.25) is 14.2 Å². The van der Waals surface area contributed by atoms with Crippen LogP contribution in [0.5, 0.6) is 5.75 Å². The van der Waals surface area contributed by atoms with Gasteiger partial charge in [-0.05, 0) is 37.3 Å². The Morgan fingerprint density at radius 2 is 1.84 bits per heavy atom. The lowest BCUT2D eigenvalue weighted by Gasteiger charge is -2.43. The molecule has 1 aliphatic carbocycles. The number of para-hydroxylation sites is 1. The fourth-order valence-electron chi connectivity index (χ4n) is 6.17. The van der Waals surface area contributed by atoms with Crippen molar-refractivity contribution in [1.29, 1.82) is 0 Å². The Balaban J connectivity index is 1.32. The van der Waals surface area contributed by atoms with Crippen molar-refractivity contribution in [1.82, 2.24) is 14.8 Å². The minimum atomic E-state index is -0.800. The maximum absolute atomic E-state index is 15.7. The van der Waals surface area contributed by atoms with Gasteiger partial charge in [0.25, 0.3) is 0 Å². The molecule has 0 bridgehead atoms. The molecule has 2 N–H and O–H groups in total. The number of nitrogens with zero attached hydrogens (tertiary/aromatic N) is 2. The van der Waals surface area contributed by atoms with Crippen LogP contribution in [0.2, 0.25) is 0 Å². The predicted octanol–water partition coefficient (Wildman–Crippen LogP) is 5.18. The average molecular weight is 514 g/mol. The first kappa shape index (κ1) is 24.8. The van der Waals surface area contributed by atoms with Gasteiger partial charge < -0.3 is 14.8 Å². The van der Waals surface area contributed by atoms with Gasteiger partial charge in [0.05, 0.1) is 12.7 Å². The first-order chi connectivity index (χ1) is 17.9. The summed E-state index contributed by atoms with van der Waals surface area (Å²) in [6, 6.07) is 9.50. The van der Waals surface area contributed by atoms with Crippen molar-refractivity contribution in [2.75, 3.05) is 32.9 Å². The fraction of sp³-hybridized carbons (Fsp3) is 0.517. The van der Waals surface area contributed by atoms with Crippen LogP contribution < -0.4 is 4.74 Å². The van der Waals surface area contributed by atoms with E-state index in [-0.39, 0.29) is 36.6 Å². The molecule has 3 aliphatic rings. The van der Waals surface area contributed by atoms with Gasteiger partial charge in [0, 0.05) is 65.9 Å².